The Kier molecular flexibility index (Phi) is 3.31. The molecule has 2 N–H and O–H groups in total. The fourth-order valence-electron chi connectivity index (χ4n) is 2.55. The van der Waals surface area contributed by atoms with E-state index in [2.05, 4.69) is 30.2 Å². The van der Waals surface area contributed by atoms with E-state index in [1.807, 2.05) is 37.3 Å². The number of anilines is 1. The van der Waals surface area contributed by atoms with Gasteiger partial charge in [-0.15, -0.1) is 0 Å². The number of benzene rings is 1. The Balaban J connectivity index is 1.72. The van der Waals surface area contributed by atoms with Gasteiger partial charge in [-0.25, -0.2) is 19.9 Å². The van der Waals surface area contributed by atoms with Crippen LogP contribution in [0.5, 0.6) is 0 Å². The summed E-state index contributed by atoms with van der Waals surface area (Å²) in [6, 6.07) is 9.87. The number of aromatic amines is 1. The van der Waals surface area contributed by atoms with Gasteiger partial charge in [0.1, 0.15) is 17.0 Å². The number of pyridine rings is 1. The molecule has 0 unspecified atom stereocenters. The third kappa shape index (κ3) is 2.47. The third-order valence-corrected chi connectivity index (χ3v) is 4.02. The maximum atomic E-state index is 6.30. The van der Waals surface area contributed by atoms with Gasteiger partial charge in [0.2, 0.25) is 0 Å². The predicted octanol–water partition coefficient (Wildman–Crippen LogP) is 3.73. The molecule has 0 saturated heterocycles. The number of nitrogens with zero attached hydrogens (tertiary/aromatic N) is 4. The monoisotopic (exact) mass is 324 g/mol. The first-order valence-corrected chi connectivity index (χ1v) is 7.56. The second-order valence-corrected chi connectivity index (χ2v) is 5.61. The molecular weight excluding hydrogens is 312 g/mol. The molecule has 114 valence electrons. The average Bonchev–Trinajstić information content (AvgIpc) is 3.04. The van der Waals surface area contributed by atoms with Crippen molar-refractivity contribution in [2.45, 2.75) is 13.0 Å². The molecule has 6 nitrogen and oxygen atoms in total. The van der Waals surface area contributed by atoms with Crippen molar-refractivity contribution in [1.29, 1.82) is 0 Å². The Morgan fingerprint density at radius 1 is 1.17 bits per heavy atom. The van der Waals surface area contributed by atoms with Crippen molar-refractivity contribution in [3.05, 3.63) is 53.8 Å². The number of imidazole rings is 1. The SMILES string of the molecule is C[C@H](Nc1ncnc2[nH]cnc12)c1cc2ccccc2c(Cl)n1. The molecule has 0 fully saturated rings. The van der Waals surface area contributed by atoms with Crippen LogP contribution < -0.4 is 5.32 Å². The van der Waals surface area contributed by atoms with E-state index in [1.54, 1.807) is 6.33 Å². The molecule has 0 bridgehead atoms. The summed E-state index contributed by atoms with van der Waals surface area (Å²) in [5.74, 6) is 0.662. The maximum absolute atomic E-state index is 6.30. The molecule has 4 rings (SSSR count). The highest BCUT2D eigenvalue weighted by atomic mass is 35.5. The molecule has 23 heavy (non-hydrogen) atoms. The molecule has 0 aliphatic rings. The zero-order chi connectivity index (χ0) is 15.8. The molecule has 1 atom stereocenters. The molecule has 3 heterocycles. The first kappa shape index (κ1) is 13.9. The van der Waals surface area contributed by atoms with Crippen molar-refractivity contribution >= 4 is 39.4 Å². The number of hydrogen-bond donors (Lipinski definition) is 2. The minimum absolute atomic E-state index is 0.0769. The van der Waals surface area contributed by atoms with Crippen molar-refractivity contribution < 1.29 is 0 Å². The number of hydrogen-bond acceptors (Lipinski definition) is 5. The van der Waals surface area contributed by atoms with Crippen molar-refractivity contribution in [3.8, 4) is 0 Å². The topological polar surface area (TPSA) is 79.4 Å². The summed E-state index contributed by atoms with van der Waals surface area (Å²) >= 11 is 6.30. The van der Waals surface area contributed by atoms with Gasteiger partial charge in [-0.3, -0.25) is 0 Å². The summed E-state index contributed by atoms with van der Waals surface area (Å²) in [6.07, 6.45) is 3.09. The smallest absolute Gasteiger partial charge is 0.162 e. The van der Waals surface area contributed by atoms with Crippen LogP contribution in [-0.4, -0.2) is 24.9 Å². The highest BCUT2D eigenvalue weighted by molar-refractivity contribution is 6.34. The molecule has 1 aromatic carbocycles. The van der Waals surface area contributed by atoms with E-state index >= 15 is 0 Å². The van der Waals surface area contributed by atoms with Gasteiger partial charge in [0.05, 0.1) is 18.1 Å². The minimum atomic E-state index is -0.0769. The molecule has 0 amide bonds. The van der Waals surface area contributed by atoms with Crippen LogP contribution in [0.1, 0.15) is 18.7 Å². The van der Waals surface area contributed by atoms with Crippen LogP contribution >= 0.6 is 11.6 Å². The molecule has 0 aliphatic heterocycles. The van der Waals surface area contributed by atoms with Gasteiger partial charge in [-0.05, 0) is 18.4 Å². The molecule has 4 aromatic rings. The summed E-state index contributed by atoms with van der Waals surface area (Å²) < 4.78 is 0. The Morgan fingerprint density at radius 3 is 2.96 bits per heavy atom. The van der Waals surface area contributed by atoms with Crippen LogP contribution in [0.2, 0.25) is 5.15 Å². The summed E-state index contributed by atoms with van der Waals surface area (Å²) in [6.45, 7) is 2.01. The van der Waals surface area contributed by atoms with E-state index in [0.29, 0.717) is 22.1 Å². The first-order chi connectivity index (χ1) is 11.2. The molecular formula is C16H13ClN6. The van der Waals surface area contributed by atoms with Gasteiger partial charge < -0.3 is 10.3 Å². The maximum Gasteiger partial charge on any atom is 0.162 e. The number of halogens is 1. The largest absolute Gasteiger partial charge is 0.360 e. The first-order valence-electron chi connectivity index (χ1n) is 7.18. The standard InChI is InChI=1S/C16H13ClN6/c1-9(22-16-13-15(19-7-18-13)20-8-21-16)12-6-10-4-2-3-5-11(10)14(17)23-12/h2-9H,1H3,(H2,18,19,20,21,22)/t9-/m0/s1. The van der Waals surface area contributed by atoms with Crippen LogP contribution in [0.15, 0.2) is 43.0 Å². The van der Waals surface area contributed by atoms with E-state index in [9.17, 15) is 0 Å². The van der Waals surface area contributed by atoms with E-state index in [0.717, 1.165) is 16.5 Å². The lowest BCUT2D eigenvalue weighted by Crippen LogP contribution is -2.10. The molecule has 0 aliphatic carbocycles. The van der Waals surface area contributed by atoms with E-state index in [1.165, 1.54) is 6.33 Å². The van der Waals surface area contributed by atoms with E-state index < -0.39 is 0 Å². The normalized spacial score (nSPS) is 12.6. The second kappa shape index (κ2) is 5.48. The fraction of sp³-hybridized carbons (Fsp3) is 0.125. The summed E-state index contributed by atoms with van der Waals surface area (Å²) in [5, 5.41) is 5.83. The highest BCUT2D eigenvalue weighted by Gasteiger charge is 2.13. The summed E-state index contributed by atoms with van der Waals surface area (Å²) in [4.78, 5) is 20.1. The van der Waals surface area contributed by atoms with Gasteiger partial charge >= 0.3 is 0 Å². The van der Waals surface area contributed by atoms with Gasteiger partial charge in [-0.2, -0.15) is 0 Å². The minimum Gasteiger partial charge on any atom is -0.360 e. The van der Waals surface area contributed by atoms with Crippen molar-refractivity contribution in [2.75, 3.05) is 5.32 Å². The number of fused-ring (bicyclic) bond motifs is 2. The lowest BCUT2D eigenvalue weighted by Gasteiger charge is -2.15. The molecule has 0 spiro atoms. The molecule has 0 saturated carbocycles. The lowest BCUT2D eigenvalue weighted by atomic mass is 10.1. The van der Waals surface area contributed by atoms with Crippen LogP contribution in [-0.2, 0) is 0 Å². The van der Waals surface area contributed by atoms with Gasteiger partial charge in [0, 0.05) is 5.39 Å². The predicted molar refractivity (Wildman–Crippen MR) is 90.5 cm³/mol. The van der Waals surface area contributed by atoms with Crippen LogP contribution in [0.3, 0.4) is 0 Å². The van der Waals surface area contributed by atoms with Crippen LogP contribution in [0, 0.1) is 0 Å². The average molecular weight is 325 g/mol. The molecule has 3 aromatic heterocycles. The van der Waals surface area contributed by atoms with Crippen molar-refractivity contribution in [3.63, 3.8) is 0 Å². The van der Waals surface area contributed by atoms with Crippen LogP contribution in [0.4, 0.5) is 5.82 Å². The fourth-order valence-corrected chi connectivity index (χ4v) is 2.82. The third-order valence-electron chi connectivity index (χ3n) is 3.73. The second-order valence-electron chi connectivity index (χ2n) is 5.25. The number of aromatic nitrogens is 5. The number of nitrogens with one attached hydrogen (secondary N) is 2. The number of H-pyrrole nitrogens is 1. The zero-order valence-electron chi connectivity index (χ0n) is 12.3. The van der Waals surface area contributed by atoms with Crippen molar-refractivity contribution in [1.82, 2.24) is 24.9 Å². The van der Waals surface area contributed by atoms with Gasteiger partial charge in [0.25, 0.3) is 0 Å². The quantitative estimate of drug-likeness (QED) is 0.561. The van der Waals surface area contributed by atoms with Gasteiger partial charge in [-0.1, -0.05) is 35.9 Å². The molecule has 0 radical (unpaired) electrons. The van der Waals surface area contributed by atoms with Crippen molar-refractivity contribution in [2.24, 2.45) is 0 Å². The zero-order valence-corrected chi connectivity index (χ0v) is 13.0. The Hall–Kier alpha value is -2.73. The summed E-state index contributed by atoms with van der Waals surface area (Å²) in [7, 11) is 0. The Labute approximate surface area is 137 Å². The number of rotatable bonds is 3. The van der Waals surface area contributed by atoms with Gasteiger partial charge in [0.15, 0.2) is 11.5 Å². The van der Waals surface area contributed by atoms with E-state index in [4.69, 9.17) is 11.6 Å². The Morgan fingerprint density at radius 2 is 2.04 bits per heavy atom. The molecule has 7 heteroatoms. The summed E-state index contributed by atoms with van der Waals surface area (Å²) in [5.41, 5.74) is 2.24. The lowest BCUT2D eigenvalue weighted by molar-refractivity contribution is 0.836. The van der Waals surface area contributed by atoms with Crippen LogP contribution in [0.25, 0.3) is 21.9 Å². The highest BCUT2D eigenvalue weighted by Crippen LogP contribution is 2.27. The Bertz CT molecular complexity index is 996. The van der Waals surface area contributed by atoms with E-state index in [-0.39, 0.29) is 6.04 Å².